The molecule has 5 aromatic rings. The highest BCUT2D eigenvalue weighted by atomic mass is 32.1. The van der Waals surface area contributed by atoms with Gasteiger partial charge in [0.1, 0.15) is 11.8 Å². The Kier molecular flexibility index (Phi) is 6.35. The summed E-state index contributed by atoms with van der Waals surface area (Å²) in [6.45, 7) is 2.40. The molecule has 1 aromatic carbocycles. The molecule has 0 bridgehead atoms. The van der Waals surface area contributed by atoms with Crippen molar-refractivity contribution in [2.45, 2.75) is 44.6 Å². The maximum absolute atomic E-state index is 13.8. The van der Waals surface area contributed by atoms with Crippen LogP contribution in [0, 0.1) is 0 Å². The minimum atomic E-state index is -0.577. The molecule has 12 heteroatoms. The number of hydrogen-bond acceptors (Lipinski definition) is 10. The van der Waals surface area contributed by atoms with Crippen LogP contribution in [0.2, 0.25) is 0 Å². The Bertz CT molecular complexity index is 1590. The second-order valence-corrected chi connectivity index (χ2v) is 10.7. The Morgan fingerprint density at radius 3 is 2.87 bits per heavy atom. The average Bonchev–Trinajstić information content (AvgIpc) is 3.76. The predicted molar refractivity (Wildman–Crippen MR) is 142 cm³/mol. The number of H-pyrrole nitrogens is 1. The molecule has 2 aliphatic heterocycles. The predicted octanol–water partition coefficient (Wildman–Crippen LogP) is 3.87. The third-order valence-electron chi connectivity index (χ3n) is 7.11. The van der Waals surface area contributed by atoms with Crippen molar-refractivity contribution in [2.75, 3.05) is 13.4 Å². The summed E-state index contributed by atoms with van der Waals surface area (Å²) in [4.78, 5) is 20.1. The average molecular weight is 547 g/mol. The van der Waals surface area contributed by atoms with Gasteiger partial charge in [0.25, 0.3) is 5.56 Å². The lowest BCUT2D eigenvalue weighted by Gasteiger charge is -2.30. The molecule has 0 radical (unpaired) electrons. The first-order chi connectivity index (χ1) is 19.2. The number of thiophene rings is 1. The molecule has 11 nitrogen and oxygen atoms in total. The molecule has 4 aromatic heterocycles. The van der Waals surface area contributed by atoms with Crippen molar-refractivity contribution >= 4 is 22.2 Å². The molecule has 6 heterocycles. The molecule has 0 saturated carbocycles. The van der Waals surface area contributed by atoms with Gasteiger partial charge < -0.3 is 23.6 Å². The molecule has 1 N–H and O–H groups in total. The van der Waals surface area contributed by atoms with Gasteiger partial charge >= 0.3 is 0 Å². The first kappa shape index (κ1) is 24.1. The Morgan fingerprint density at radius 1 is 1.15 bits per heavy atom. The fourth-order valence-electron chi connectivity index (χ4n) is 5.28. The Labute approximate surface area is 226 Å². The highest BCUT2D eigenvalue weighted by molar-refractivity contribution is 7.09. The number of rotatable bonds is 9. The molecule has 0 unspecified atom stereocenters. The van der Waals surface area contributed by atoms with Crippen LogP contribution in [0.5, 0.6) is 11.5 Å². The zero-order chi connectivity index (χ0) is 26.2. The fourth-order valence-corrected chi connectivity index (χ4v) is 6.01. The van der Waals surface area contributed by atoms with E-state index in [0.29, 0.717) is 48.0 Å². The van der Waals surface area contributed by atoms with E-state index in [1.165, 1.54) is 0 Å². The molecule has 0 spiro atoms. The molecule has 0 amide bonds. The van der Waals surface area contributed by atoms with E-state index in [2.05, 4.69) is 31.5 Å². The van der Waals surface area contributed by atoms with Crippen molar-refractivity contribution in [1.82, 2.24) is 30.1 Å². The zero-order valence-corrected chi connectivity index (χ0v) is 21.8. The van der Waals surface area contributed by atoms with Gasteiger partial charge in [-0.2, -0.15) is 0 Å². The van der Waals surface area contributed by atoms with Gasteiger partial charge in [-0.25, -0.2) is 4.68 Å². The fraction of sp³-hybridized carbons (Fsp3) is 0.333. The molecule has 7 rings (SSSR count). The number of nitrogens with one attached hydrogen (secondary N) is 1. The first-order valence-corrected chi connectivity index (χ1v) is 13.7. The van der Waals surface area contributed by atoms with Gasteiger partial charge in [-0.3, -0.25) is 9.69 Å². The lowest BCUT2D eigenvalue weighted by atomic mass is 10.0. The highest BCUT2D eigenvalue weighted by Gasteiger charge is 2.33. The standard InChI is InChI=1S/C27H26N6O5S/c34-27-21(10-17-11-23-24(38-16-37-23)12-22(17)28-27)25(26-29-30-31-33(26)14-19-5-2-8-36-19)32(13-18-4-1-7-35-18)15-20-6-3-9-39-20/h1,3-4,6-7,9-12,19,25H,2,5,8,13-16H2,(H,28,34)/t19-,25-/m0/s1. The minimum absolute atomic E-state index is 0.0262. The van der Waals surface area contributed by atoms with Gasteiger partial charge in [0, 0.05) is 35.0 Å². The molecular weight excluding hydrogens is 520 g/mol. The summed E-state index contributed by atoms with van der Waals surface area (Å²) in [6, 6.07) is 12.9. The van der Waals surface area contributed by atoms with Crippen LogP contribution in [0.4, 0.5) is 0 Å². The summed E-state index contributed by atoms with van der Waals surface area (Å²) in [5.41, 5.74) is 0.961. The number of ether oxygens (including phenoxy) is 3. The van der Waals surface area contributed by atoms with E-state index in [4.69, 9.17) is 18.6 Å². The van der Waals surface area contributed by atoms with E-state index in [0.717, 1.165) is 35.5 Å². The minimum Gasteiger partial charge on any atom is -0.468 e. The van der Waals surface area contributed by atoms with Crippen LogP contribution in [-0.4, -0.2) is 49.6 Å². The van der Waals surface area contributed by atoms with Crippen molar-refractivity contribution in [3.8, 4) is 11.5 Å². The van der Waals surface area contributed by atoms with Gasteiger partial charge in [-0.1, -0.05) is 6.07 Å². The number of aromatic amines is 1. The van der Waals surface area contributed by atoms with Crippen LogP contribution in [0.3, 0.4) is 0 Å². The van der Waals surface area contributed by atoms with Gasteiger partial charge in [0.05, 0.1) is 31.0 Å². The quantitative estimate of drug-likeness (QED) is 0.294. The summed E-state index contributed by atoms with van der Waals surface area (Å²) >= 11 is 1.66. The summed E-state index contributed by atoms with van der Waals surface area (Å²) < 4.78 is 24.5. The van der Waals surface area contributed by atoms with Gasteiger partial charge in [0.2, 0.25) is 6.79 Å². The van der Waals surface area contributed by atoms with Crippen molar-refractivity contribution < 1.29 is 18.6 Å². The first-order valence-electron chi connectivity index (χ1n) is 12.8. The molecule has 1 saturated heterocycles. The van der Waals surface area contributed by atoms with E-state index >= 15 is 0 Å². The van der Waals surface area contributed by atoms with Crippen LogP contribution < -0.4 is 15.0 Å². The van der Waals surface area contributed by atoms with Crippen molar-refractivity contribution in [3.63, 3.8) is 0 Å². The SMILES string of the molecule is O=c1[nH]c2cc3c(cc2cc1[C@@H](c1nnnn1C[C@@H]1CCCO1)N(Cc1ccco1)Cc1cccs1)OCO3. The van der Waals surface area contributed by atoms with Crippen molar-refractivity contribution in [1.29, 1.82) is 0 Å². The van der Waals surface area contributed by atoms with Crippen LogP contribution in [0.25, 0.3) is 10.9 Å². The molecule has 1 fully saturated rings. The summed E-state index contributed by atoms with van der Waals surface area (Å²) in [6.07, 6.45) is 3.63. The number of fused-ring (bicyclic) bond motifs is 2. The third-order valence-corrected chi connectivity index (χ3v) is 7.97. The lowest BCUT2D eigenvalue weighted by Crippen LogP contribution is -2.35. The largest absolute Gasteiger partial charge is 0.468 e. The van der Waals surface area contributed by atoms with E-state index in [-0.39, 0.29) is 18.5 Å². The van der Waals surface area contributed by atoms with E-state index < -0.39 is 6.04 Å². The lowest BCUT2D eigenvalue weighted by molar-refractivity contribution is 0.0901. The molecule has 39 heavy (non-hydrogen) atoms. The van der Waals surface area contributed by atoms with E-state index in [1.807, 2.05) is 35.7 Å². The Morgan fingerprint density at radius 2 is 2.08 bits per heavy atom. The van der Waals surface area contributed by atoms with Gasteiger partial charge in [-0.05, 0) is 59.0 Å². The smallest absolute Gasteiger partial charge is 0.253 e. The molecule has 2 atom stereocenters. The summed E-state index contributed by atoms with van der Waals surface area (Å²) in [5, 5.41) is 15.7. The molecular formula is C27H26N6O5S. The number of benzene rings is 1. The number of furan rings is 1. The zero-order valence-electron chi connectivity index (χ0n) is 21.0. The van der Waals surface area contributed by atoms with Crippen LogP contribution in [0.1, 0.15) is 40.9 Å². The topological polar surface area (TPSA) is 121 Å². The Hall–Kier alpha value is -4.00. The van der Waals surface area contributed by atoms with E-state index in [9.17, 15) is 4.79 Å². The maximum Gasteiger partial charge on any atom is 0.253 e. The van der Waals surface area contributed by atoms with Crippen molar-refractivity contribution in [3.05, 3.63) is 86.5 Å². The second kappa shape index (κ2) is 10.3. The van der Waals surface area contributed by atoms with E-state index in [1.54, 1.807) is 28.3 Å². The second-order valence-electron chi connectivity index (χ2n) is 9.67. The Balaban J connectivity index is 1.37. The maximum atomic E-state index is 13.8. The summed E-state index contributed by atoms with van der Waals surface area (Å²) in [7, 11) is 0. The normalized spacial score (nSPS) is 17.4. The van der Waals surface area contributed by atoms with Crippen LogP contribution >= 0.6 is 11.3 Å². The molecule has 2 aliphatic rings. The van der Waals surface area contributed by atoms with Crippen LogP contribution in [0.15, 0.2) is 63.3 Å². The monoisotopic (exact) mass is 546 g/mol. The molecule has 0 aliphatic carbocycles. The van der Waals surface area contributed by atoms with Gasteiger partial charge in [-0.15, -0.1) is 16.4 Å². The van der Waals surface area contributed by atoms with Crippen LogP contribution in [-0.2, 0) is 24.4 Å². The van der Waals surface area contributed by atoms with Gasteiger partial charge in [0.15, 0.2) is 17.3 Å². The van der Waals surface area contributed by atoms with Crippen molar-refractivity contribution in [2.24, 2.45) is 0 Å². The summed E-state index contributed by atoms with van der Waals surface area (Å²) in [5.74, 6) is 2.60. The number of nitrogens with zero attached hydrogens (tertiary/aromatic N) is 5. The number of tetrazole rings is 1. The number of hydrogen-bond donors (Lipinski definition) is 1. The number of pyridine rings is 1. The third kappa shape index (κ3) is 4.82. The molecule has 200 valence electrons. The number of aromatic nitrogens is 5. The highest BCUT2D eigenvalue weighted by Crippen LogP contribution is 2.37.